The van der Waals surface area contributed by atoms with Crippen molar-refractivity contribution in [3.8, 4) is 17.1 Å². The Morgan fingerprint density at radius 1 is 1.05 bits per heavy atom. The first-order valence-electron chi connectivity index (χ1n) is 13.3. The molecular formula is C29H32N6O5S. The second kappa shape index (κ2) is 11.2. The zero-order chi connectivity index (χ0) is 29.3. The first kappa shape index (κ1) is 28.1. The average molecular weight is 577 g/mol. The van der Waals surface area contributed by atoms with Gasteiger partial charge < -0.3 is 19.1 Å². The minimum atomic E-state index is -3.66. The van der Waals surface area contributed by atoms with Crippen molar-refractivity contribution in [2.45, 2.75) is 37.8 Å². The number of amides is 2. The van der Waals surface area contributed by atoms with Gasteiger partial charge in [-0.25, -0.2) is 18.1 Å². The highest BCUT2D eigenvalue weighted by molar-refractivity contribution is 7.90. The Kier molecular flexibility index (Phi) is 7.68. The second-order valence-corrected chi connectivity index (χ2v) is 11.9. The fourth-order valence-electron chi connectivity index (χ4n) is 4.97. The molecule has 11 nitrogen and oxygen atoms in total. The van der Waals surface area contributed by atoms with E-state index in [0.717, 1.165) is 24.2 Å². The first-order chi connectivity index (χ1) is 19.6. The molecule has 0 spiro atoms. The number of fused-ring (bicyclic) bond motifs is 1. The van der Waals surface area contributed by atoms with Crippen LogP contribution in [-0.4, -0.2) is 71.4 Å². The molecule has 5 rings (SSSR count). The number of carbonyl (C=O) groups excluding carboxylic acids is 2. The number of hydrogen-bond donors (Lipinski definition) is 0. The van der Waals surface area contributed by atoms with Crippen LogP contribution in [0.4, 0.5) is 5.69 Å². The molecule has 0 radical (unpaired) electrons. The number of sulfone groups is 1. The molecular weight excluding hydrogens is 544 g/mol. The Hall–Kier alpha value is -4.45. The summed E-state index contributed by atoms with van der Waals surface area (Å²) < 4.78 is 33.7. The summed E-state index contributed by atoms with van der Waals surface area (Å²) in [6.45, 7) is 2.65. The van der Waals surface area contributed by atoms with Crippen molar-refractivity contribution in [2.75, 3.05) is 31.9 Å². The van der Waals surface area contributed by atoms with E-state index in [-0.39, 0.29) is 22.5 Å². The third kappa shape index (κ3) is 5.47. The highest BCUT2D eigenvalue weighted by Gasteiger charge is 2.36. The Balaban J connectivity index is 1.45. The summed E-state index contributed by atoms with van der Waals surface area (Å²) in [7, 11) is -0.341. The Labute approximate surface area is 238 Å². The summed E-state index contributed by atoms with van der Waals surface area (Å²) in [5.74, 6) is 1.08. The van der Waals surface area contributed by atoms with E-state index in [9.17, 15) is 18.0 Å². The topological polar surface area (TPSA) is 120 Å². The fraction of sp³-hybridized carbons (Fsp3) is 0.310. The Bertz CT molecular complexity index is 1690. The van der Waals surface area contributed by atoms with E-state index in [1.807, 2.05) is 42.0 Å². The molecule has 0 bridgehead atoms. The molecule has 41 heavy (non-hydrogen) atoms. The van der Waals surface area contributed by atoms with E-state index in [1.165, 1.54) is 4.68 Å². The number of rotatable bonds is 9. The van der Waals surface area contributed by atoms with Gasteiger partial charge in [0.2, 0.25) is 5.91 Å². The summed E-state index contributed by atoms with van der Waals surface area (Å²) in [4.78, 5) is 33.9. The summed E-state index contributed by atoms with van der Waals surface area (Å²) in [6, 6.07) is 14.4. The molecule has 0 aliphatic carbocycles. The molecule has 12 heteroatoms. The van der Waals surface area contributed by atoms with Gasteiger partial charge in [-0.05, 0) is 61.4 Å². The number of imidazole rings is 1. The van der Waals surface area contributed by atoms with E-state index >= 15 is 0 Å². The first-order valence-corrected chi connectivity index (χ1v) is 15.2. The largest absolute Gasteiger partial charge is 0.497 e. The standard InChI is InChI=1S/C29H32N6O5S/c1-5-6-26(36)32(2)19-25-30-16-18-33(25)20-7-9-21(10-8-20)34-17-15-24-27(29(34)37)35(31-28(24)41(4,38)39)22-11-13-23(40-3)14-12-22/h7-14,16,18H,5-6,15,17,19H2,1-4H3. The third-order valence-electron chi connectivity index (χ3n) is 7.07. The molecule has 1 aliphatic rings. The van der Waals surface area contributed by atoms with Crippen LogP contribution < -0.4 is 9.64 Å². The molecule has 2 aromatic carbocycles. The zero-order valence-corrected chi connectivity index (χ0v) is 24.3. The lowest BCUT2D eigenvalue weighted by atomic mass is 10.1. The zero-order valence-electron chi connectivity index (χ0n) is 23.4. The highest BCUT2D eigenvalue weighted by atomic mass is 32.2. The number of ether oxygens (including phenoxy) is 1. The van der Waals surface area contributed by atoms with Gasteiger partial charge in [-0.3, -0.25) is 9.59 Å². The number of aromatic nitrogens is 4. The molecule has 3 heterocycles. The van der Waals surface area contributed by atoms with Gasteiger partial charge >= 0.3 is 0 Å². The van der Waals surface area contributed by atoms with Crippen molar-refractivity contribution < 1.29 is 22.7 Å². The van der Waals surface area contributed by atoms with Gasteiger partial charge in [-0.2, -0.15) is 5.10 Å². The maximum Gasteiger partial charge on any atom is 0.277 e. The molecule has 0 atom stereocenters. The molecule has 214 valence electrons. The maximum atomic E-state index is 13.9. The second-order valence-electron chi connectivity index (χ2n) is 9.95. The molecule has 0 N–H and O–H groups in total. The van der Waals surface area contributed by atoms with Gasteiger partial charge in [-0.1, -0.05) is 6.92 Å². The SMILES string of the molecule is CCCC(=O)N(C)Cc1nccn1-c1ccc(N2CCc3c(S(C)(=O)=O)nn(-c4ccc(OC)cc4)c3C2=O)cc1. The lowest BCUT2D eigenvalue weighted by Crippen LogP contribution is -2.39. The highest BCUT2D eigenvalue weighted by Crippen LogP contribution is 2.31. The predicted octanol–water partition coefficient (Wildman–Crippen LogP) is 3.43. The van der Waals surface area contributed by atoms with Crippen LogP contribution in [0.1, 0.15) is 41.6 Å². The van der Waals surface area contributed by atoms with Crippen molar-refractivity contribution in [3.05, 3.63) is 78.0 Å². The quantitative estimate of drug-likeness (QED) is 0.299. The number of hydrogen-bond acceptors (Lipinski definition) is 7. The molecule has 4 aromatic rings. The normalized spacial score (nSPS) is 13.3. The smallest absolute Gasteiger partial charge is 0.277 e. The van der Waals surface area contributed by atoms with Crippen LogP contribution in [0, 0.1) is 0 Å². The van der Waals surface area contributed by atoms with E-state index < -0.39 is 9.84 Å². The molecule has 2 aromatic heterocycles. The molecule has 0 saturated heterocycles. The summed E-state index contributed by atoms with van der Waals surface area (Å²) in [5.41, 5.74) is 2.71. The van der Waals surface area contributed by atoms with Crippen molar-refractivity contribution in [1.82, 2.24) is 24.2 Å². The van der Waals surface area contributed by atoms with Crippen LogP contribution in [0.5, 0.6) is 5.75 Å². The molecule has 0 unspecified atom stereocenters. The summed E-state index contributed by atoms with van der Waals surface area (Å²) in [6.07, 6.45) is 6.24. The van der Waals surface area contributed by atoms with Crippen LogP contribution in [0.25, 0.3) is 11.4 Å². The maximum absolute atomic E-state index is 13.9. The number of anilines is 1. The Morgan fingerprint density at radius 3 is 2.34 bits per heavy atom. The average Bonchev–Trinajstić information content (AvgIpc) is 3.59. The van der Waals surface area contributed by atoms with E-state index in [4.69, 9.17) is 4.74 Å². The van der Waals surface area contributed by atoms with Gasteiger partial charge in [0.25, 0.3) is 5.91 Å². The van der Waals surface area contributed by atoms with Crippen molar-refractivity contribution >= 4 is 27.3 Å². The van der Waals surface area contributed by atoms with Gasteiger partial charge in [0.1, 0.15) is 17.3 Å². The van der Waals surface area contributed by atoms with E-state index in [1.54, 1.807) is 54.4 Å². The Morgan fingerprint density at radius 2 is 1.71 bits per heavy atom. The minimum Gasteiger partial charge on any atom is -0.497 e. The van der Waals surface area contributed by atoms with E-state index in [0.29, 0.717) is 48.6 Å². The van der Waals surface area contributed by atoms with Crippen molar-refractivity contribution in [3.63, 3.8) is 0 Å². The van der Waals surface area contributed by atoms with Gasteiger partial charge in [0.15, 0.2) is 14.9 Å². The summed E-state index contributed by atoms with van der Waals surface area (Å²) >= 11 is 0. The third-order valence-corrected chi connectivity index (χ3v) is 8.10. The fourth-order valence-corrected chi connectivity index (χ4v) is 5.84. The number of methoxy groups -OCH3 is 1. The monoisotopic (exact) mass is 576 g/mol. The van der Waals surface area contributed by atoms with E-state index in [2.05, 4.69) is 10.1 Å². The van der Waals surface area contributed by atoms with Crippen LogP contribution in [0.3, 0.4) is 0 Å². The van der Waals surface area contributed by atoms with Crippen molar-refractivity contribution in [1.29, 1.82) is 0 Å². The van der Waals surface area contributed by atoms with Gasteiger partial charge in [-0.15, -0.1) is 0 Å². The predicted molar refractivity (Wildman–Crippen MR) is 154 cm³/mol. The molecule has 2 amide bonds. The van der Waals surface area contributed by atoms with Crippen LogP contribution >= 0.6 is 0 Å². The molecule has 0 saturated carbocycles. The number of nitrogens with zero attached hydrogens (tertiary/aromatic N) is 6. The van der Waals surface area contributed by atoms with Gasteiger partial charge in [0.05, 0.1) is 19.3 Å². The van der Waals surface area contributed by atoms with Crippen LogP contribution in [0.15, 0.2) is 66.0 Å². The van der Waals surface area contributed by atoms with Crippen LogP contribution in [-0.2, 0) is 27.6 Å². The lowest BCUT2D eigenvalue weighted by molar-refractivity contribution is -0.130. The number of benzene rings is 2. The minimum absolute atomic E-state index is 0.0632. The lowest BCUT2D eigenvalue weighted by Gasteiger charge is -2.28. The van der Waals surface area contributed by atoms with Gasteiger partial charge in [0, 0.05) is 55.6 Å². The summed E-state index contributed by atoms with van der Waals surface area (Å²) in [5, 5.41) is 4.29. The molecule has 1 aliphatic heterocycles. The number of carbonyl (C=O) groups is 2. The van der Waals surface area contributed by atoms with Crippen molar-refractivity contribution in [2.24, 2.45) is 0 Å². The van der Waals surface area contributed by atoms with Crippen LogP contribution in [0.2, 0.25) is 0 Å². The molecule has 0 fully saturated rings.